The zero-order valence-electron chi connectivity index (χ0n) is 18.5. The Bertz CT molecular complexity index is 1240. The van der Waals surface area contributed by atoms with Crippen LogP contribution < -0.4 is 0 Å². The molecule has 4 aromatic heterocycles. The van der Waals surface area contributed by atoms with E-state index in [4.69, 9.17) is 9.72 Å². The van der Waals surface area contributed by atoms with Gasteiger partial charge in [0.15, 0.2) is 0 Å². The third-order valence-electron chi connectivity index (χ3n) is 6.50. The van der Waals surface area contributed by atoms with E-state index in [1.807, 2.05) is 44.7 Å². The van der Waals surface area contributed by atoms with Crippen molar-refractivity contribution in [1.29, 1.82) is 0 Å². The number of hydrogen-bond acceptors (Lipinski definition) is 6. The number of carbonyl (C=O) groups excluding carboxylic acids is 1. The van der Waals surface area contributed by atoms with Gasteiger partial charge in [0, 0.05) is 23.5 Å². The average molecular weight is 434 g/mol. The van der Waals surface area contributed by atoms with Crippen LogP contribution >= 0.6 is 0 Å². The van der Waals surface area contributed by atoms with Crippen molar-refractivity contribution in [2.75, 3.05) is 7.11 Å². The number of nitrogens with zero attached hydrogens (tertiary/aromatic N) is 7. The minimum atomic E-state index is -0.141. The van der Waals surface area contributed by atoms with Crippen LogP contribution in [0, 0.1) is 5.92 Å². The minimum Gasteiger partial charge on any atom is -0.469 e. The third-order valence-corrected chi connectivity index (χ3v) is 6.50. The van der Waals surface area contributed by atoms with Gasteiger partial charge in [0.2, 0.25) is 0 Å². The summed E-state index contributed by atoms with van der Waals surface area (Å²) in [6.07, 6.45) is 15.0. The van der Waals surface area contributed by atoms with Gasteiger partial charge < -0.3 is 4.74 Å². The van der Waals surface area contributed by atoms with Gasteiger partial charge in [-0.05, 0) is 31.7 Å². The molecule has 0 atom stereocenters. The minimum absolute atomic E-state index is 0.0330. The molecule has 1 saturated carbocycles. The molecule has 0 aliphatic heterocycles. The van der Waals surface area contributed by atoms with Gasteiger partial charge in [-0.15, -0.1) is 0 Å². The lowest BCUT2D eigenvalue weighted by Gasteiger charge is -2.33. The Morgan fingerprint density at radius 2 is 1.88 bits per heavy atom. The highest BCUT2D eigenvalue weighted by atomic mass is 16.5. The lowest BCUT2D eigenvalue weighted by molar-refractivity contribution is -0.149. The molecule has 0 bridgehead atoms. The number of methoxy groups -OCH3 is 1. The van der Waals surface area contributed by atoms with E-state index >= 15 is 0 Å². The Morgan fingerprint density at radius 1 is 1.09 bits per heavy atom. The SMILES string of the molecule is CCC(CC)n1cc(-c2nc(-c3cnn([C@H]4C[C@@H](C(=O)OC)C4)c3)cn3nccc23)cn1. The molecule has 1 aliphatic carbocycles. The second-order valence-electron chi connectivity index (χ2n) is 8.37. The summed E-state index contributed by atoms with van der Waals surface area (Å²) in [4.78, 5) is 16.6. The summed E-state index contributed by atoms with van der Waals surface area (Å²) in [5, 5.41) is 13.6. The summed E-state index contributed by atoms with van der Waals surface area (Å²) < 4.78 is 10.6. The van der Waals surface area contributed by atoms with Crippen molar-refractivity contribution in [3.05, 3.63) is 43.2 Å². The van der Waals surface area contributed by atoms with Gasteiger partial charge in [-0.25, -0.2) is 9.50 Å². The fourth-order valence-corrected chi connectivity index (χ4v) is 4.43. The maximum atomic E-state index is 11.7. The highest BCUT2D eigenvalue weighted by Gasteiger charge is 2.36. The van der Waals surface area contributed by atoms with E-state index in [2.05, 4.69) is 35.3 Å². The topological polar surface area (TPSA) is 92.1 Å². The molecule has 9 nitrogen and oxygen atoms in total. The Kier molecular flexibility index (Phi) is 5.24. The van der Waals surface area contributed by atoms with E-state index in [1.54, 1.807) is 6.20 Å². The zero-order chi connectivity index (χ0) is 22.2. The third kappa shape index (κ3) is 3.47. The van der Waals surface area contributed by atoms with E-state index in [0.717, 1.165) is 53.7 Å². The zero-order valence-corrected chi connectivity index (χ0v) is 18.5. The van der Waals surface area contributed by atoms with Gasteiger partial charge in [0.05, 0.1) is 66.8 Å². The number of hydrogen-bond donors (Lipinski definition) is 0. The van der Waals surface area contributed by atoms with Crippen LogP contribution in [0.3, 0.4) is 0 Å². The van der Waals surface area contributed by atoms with Gasteiger partial charge in [0.1, 0.15) is 0 Å². The number of aromatic nitrogens is 7. The summed E-state index contributed by atoms with van der Waals surface area (Å²) in [6, 6.07) is 2.55. The molecule has 9 heteroatoms. The summed E-state index contributed by atoms with van der Waals surface area (Å²) in [6.45, 7) is 4.35. The first-order valence-corrected chi connectivity index (χ1v) is 11.1. The normalized spacial score (nSPS) is 18.2. The molecule has 0 N–H and O–H groups in total. The molecule has 1 fully saturated rings. The first kappa shape index (κ1) is 20.4. The van der Waals surface area contributed by atoms with Crippen molar-refractivity contribution in [3.63, 3.8) is 0 Å². The molecule has 4 heterocycles. The Morgan fingerprint density at radius 3 is 2.62 bits per heavy atom. The van der Waals surface area contributed by atoms with Crippen LogP contribution in [0.1, 0.15) is 51.6 Å². The maximum Gasteiger partial charge on any atom is 0.308 e. The van der Waals surface area contributed by atoms with Crippen molar-refractivity contribution in [2.24, 2.45) is 5.92 Å². The van der Waals surface area contributed by atoms with Gasteiger partial charge in [-0.2, -0.15) is 15.3 Å². The molecule has 4 aromatic rings. The standard InChI is InChI=1S/C23H27N7O2/c1-4-18(5-2)28-13-17(11-26-28)22-21-6-7-24-30(21)14-20(27-22)16-10-25-29(12-16)19-8-15(9-19)23(31)32-3/h6-7,10-15,18-19H,4-5,8-9H2,1-3H3/t15-,19+. The summed E-state index contributed by atoms with van der Waals surface area (Å²) >= 11 is 0. The molecule has 0 amide bonds. The molecule has 0 saturated heterocycles. The largest absolute Gasteiger partial charge is 0.469 e. The number of rotatable bonds is 7. The number of fused-ring (bicyclic) bond motifs is 1. The monoisotopic (exact) mass is 433 g/mol. The molecule has 1 aliphatic rings. The van der Waals surface area contributed by atoms with E-state index in [-0.39, 0.29) is 17.9 Å². The highest BCUT2D eigenvalue weighted by molar-refractivity contribution is 5.78. The lowest BCUT2D eigenvalue weighted by atomic mass is 9.80. The highest BCUT2D eigenvalue weighted by Crippen LogP contribution is 2.38. The number of ether oxygens (including phenoxy) is 1. The Balaban J connectivity index is 1.46. The molecule has 0 spiro atoms. The maximum absolute atomic E-state index is 11.7. The van der Waals surface area contributed by atoms with Crippen LogP contribution in [0.15, 0.2) is 43.2 Å². The predicted molar refractivity (Wildman–Crippen MR) is 119 cm³/mol. The number of carbonyl (C=O) groups is 1. The van der Waals surface area contributed by atoms with Crippen LogP contribution in [0.2, 0.25) is 0 Å². The van der Waals surface area contributed by atoms with Gasteiger partial charge in [0.25, 0.3) is 0 Å². The van der Waals surface area contributed by atoms with Crippen molar-refractivity contribution in [3.8, 4) is 22.5 Å². The summed E-state index contributed by atoms with van der Waals surface area (Å²) in [5.74, 6) is -0.174. The lowest BCUT2D eigenvalue weighted by Crippen LogP contribution is -2.33. The van der Waals surface area contributed by atoms with Crippen molar-refractivity contribution in [1.82, 2.24) is 34.2 Å². The average Bonchev–Trinajstić information content (AvgIpc) is 3.53. The number of esters is 1. The quantitative estimate of drug-likeness (QED) is 0.410. The molecule has 0 unspecified atom stereocenters. The fourth-order valence-electron chi connectivity index (χ4n) is 4.43. The Labute approximate surface area is 186 Å². The van der Waals surface area contributed by atoms with E-state index in [9.17, 15) is 4.79 Å². The Hall–Kier alpha value is -3.49. The molecule has 0 aromatic carbocycles. The fraction of sp³-hybridized carbons (Fsp3) is 0.435. The van der Waals surface area contributed by atoms with Crippen molar-refractivity contribution in [2.45, 2.75) is 51.6 Å². The molecule has 0 radical (unpaired) electrons. The molecule has 166 valence electrons. The van der Waals surface area contributed by atoms with Gasteiger partial charge >= 0.3 is 5.97 Å². The van der Waals surface area contributed by atoms with Crippen LogP contribution in [0.4, 0.5) is 0 Å². The molecule has 32 heavy (non-hydrogen) atoms. The second-order valence-corrected chi connectivity index (χ2v) is 8.37. The van der Waals surface area contributed by atoms with E-state index in [1.165, 1.54) is 7.11 Å². The predicted octanol–water partition coefficient (Wildman–Crippen LogP) is 3.94. The van der Waals surface area contributed by atoms with Crippen molar-refractivity contribution >= 4 is 11.5 Å². The van der Waals surface area contributed by atoms with E-state index in [0.29, 0.717) is 6.04 Å². The molecule has 5 rings (SSSR count). The van der Waals surface area contributed by atoms with Crippen LogP contribution in [-0.4, -0.2) is 47.2 Å². The molecular weight excluding hydrogens is 406 g/mol. The van der Waals surface area contributed by atoms with Gasteiger partial charge in [-0.3, -0.25) is 14.2 Å². The van der Waals surface area contributed by atoms with Crippen LogP contribution in [0.5, 0.6) is 0 Å². The first-order chi connectivity index (χ1) is 15.6. The summed E-state index contributed by atoms with van der Waals surface area (Å²) in [7, 11) is 1.44. The van der Waals surface area contributed by atoms with E-state index < -0.39 is 0 Å². The molecular formula is C23H27N7O2. The summed E-state index contributed by atoms with van der Waals surface area (Å²) in [5.41, 5.74) is 4.46. The van der Waals surface area contributed by atoms with Crippen molar-refractivity contribution < 1.29 is 9.53 Å². The van der Waals surface area contributed by atoms with Crippen LogP contribution in [0.25, 0.3) is 28.0 Å². The van der Waals surface area contributed by atoms with Gasteiger partial charge in [-0.1, -0.05) is 13.8 Å². The van der Waals surface area contributed by atoms with Crippen LogP contribution in [-0.2, 0) is 9.53 Å². The first-order valence-electron chi connectivity index (χ1n) is 11.1. The smallest absolute Gasteiger partial charge is 0.308 e. The second kappa shape index (κ2) is 8.22.